The van der Waals surface area contributed by atoms with E-state index in [1.165, 1.54) is 19.3 Å². The Morgan fingerprint density at radius 3 is 2.19 bits per heavy atom. The van der Waals surface area contributed by atoms with Gasteiger partial charge in [-0.15, -0.1) is 0 Å². The van der Waals surface area contributed by atoms with Gasteiger partial charge in [-0.1, -0.05) is 6.92 Å². The smallest absolute Gasteiger partial charge is 0.282 e. The molecular weight excluding hydrogens is 401 g/mol. The van der Waals surface area contributed by atoms with Crippen LogP contribution < -0.4 is 10.1 Å². The first-order chi connectivity index (χ1) is 12.0. The van der Waals surface area contributed by atoms with Crippen LogP contribution in [0.15, 0.2) is 12.1 Å². The van der Waals surface area contributed by atoms with Crippen LogP contribution >= 0.6 is 0 Å². The van der Waals surface area contributed by atoms with Gasteiger partial charge in [0.15, 0.2) is 6.04 Å². The molecule has 1 aromatic carbocycles. The fourth-order valence-electron chi connectivity index (χ4n) is 4.36. The number of likely N-dealkylation sites (N-methyl/N-ethyl adjacent to an activating group) is 1. The van der Waals surface area contributed by atoms with Gasteiger partial charge < -0.3 is 14.5 Å². The second-order valence-corrected chi connectivity index (χ2v) is 7.47. The molecule has 0 spiro atoms. The van der Waals surface area contributed by atoms with E-state index >= 15 is 0 Å². The van der Waals surface area contributed by atoms with E-state index in [0.717, 1.165) is 59.5 Å². The number of aryl methyl sites for hydroxylation is 2. The predicted octanol–water partition coefficient (Wildman–Crippen LogP) is 4.44. The monoisotopic (exact) mass is 436 g/mol. The summed E-state index contributed by atoms with van der Waals surface area (Å²) in [5, 5.41) is 3.26. The number of ether oxygens (including phenoxy) is 1. The number of nitrogens with zero attached hydrogens (tertiary/aromatic N) is 1. The second-order valence-electron chi connectivity index (χ2n) is 7.47. The van der Waals surface area contributed by atoms with E-state index in [9.17, 15) is 4.79 Å². The number of anilines is 1. The summed E-state index contributed by atoms with van der Waals surface area (Å²) < 4.78 is 6.29. The number of likely N-dealkylation sites (tertiary alicyclic amines) is 1. The molecule has 0 aliphatic carbocycles. The van der Waals surface area contributed by atoms with Gasteiger partial charge in [0, 0.05) is 44.8 Å². The standard InChI is InChI=1S/C21H34N2O2.Y/c1-6-11-19(23(7-2)12-9-8-10-13-23)21(24)22-20-16(3)14-18(25-5)15-17(20)4;/h14-15,19H,6-13H2,1-5H3;/p+1. The maximum absolute atomic E-state index is 13.3. The minimum atomic E-state index is 0. The van der Waals surface area contributed by atoms with Crippen molar-refractivity contribution in [2.45, 2.75) is 65.8 Å². The molecule has 0 saturated carbocycles. The largest absolute Gasteiger partial charge is 0.497 e. The van der Waals surface area contributed by atoms with Crippen LogP contribution in [0.25, 0.3) is 0 Å². The Morgan fingerprint density at radius 1 is 1.15 bits per heavy atom. The predicted molar refractivity (Wildman–Crippen MR) is 104 cm³/mol. The zero-order valence-corrected chi connectivity index (χ0v) is 20.1. The average Bonchev–Trinajstić information content (AvgIpc) is 2.62. The van der Waals surface area contributed by atoms with Crippen LogP contribution in [-0.4, -0.2) is 43.2 Å². The maximum atomic E-state index is 13.3. The number of hydrogen-bond donors (Lipinski definition) is 1. The van der Waals surface area contributed by atoms with Gasteiger partial charge in [-0.05, 0) is 69.7 Å². The van der Waals surface area contributed by atoms with Crippen molar-refractivity contribution in [3.63, 3.8) is 0 Å². The molecule has 26 heavy (non-hydrogen) atoms. The molecule has 1 fully saturated rings. The van der Waals surface area contributed by atoms with Gasteiger partial charge in [0.2, 0.25) is 0 Å². The van der Waals surface area contributed by atoms with Crippen LogP contribution in [0.3, 0.4) is 0 Å². The normalized spacial score (nSPS) is 17.1. The molecule has 143 valence electrons. The van der Waals surface area contributed by atoms with Crippen LogP contribution in [0.2, 0.25) is 0 Å². The fourth-order valence-corrected chi connectivity index (χ4v) is 4.36. The van der Waals surface area contributed by atoms with E-state index in [2.05, 4.69) is 19.2 Å². The van der Waals surface area contributed by atoms with Gasteiger partial charge >= 0.3 is 0 Å². The Labute approximate surface area is 184 Å². The van der Waals surface area contributed by atoms with Crippen LogP contribution in [-0.2, 0) is 37.5 Å². The van der Waals surface area contributed by atoms with Crippen molar-refractivity contribution in [2.24, 2.45) is 0 Å². The Morgan fingerprint density at radius 2 is 1.73 bits per heavy atom. The van der Waals surface area contributed by atoms with Gasteiger partial charge in [0.1, 0.15) is 5.75 Å². The fraction of sp³-hybridized carbons (Fsp3) is 0.667. The van der Waals surface area contributed by atoms with Crippen LogP contribution in [0.1, 0.15) is 57.1 Å². The van der Waals surface area contributed by atoms with Crippen LogP contribution in [0, 0.1) is 13.8 Å². The van der Waals surface area contributed by atoms with E-state index in [4.69, 9.17) is 4.74 Å². The minimum absolute atomic E-state index is 0. The summed E-state index contributed by atoms with van der Waals surface area (Å²) in [7, 11) is 1.68. The number of nitrogens with one attached hydrogen (secondary N) is 1. The van der Waals surface area contributed by atoms with Gasteiger partial charge in [-0.3, -0.25) is 4.79 Å². The molecule has 1 atom stereocenters. The molecule has 1 heterocycles. The molecule has 1 amide bonds. The number of hydrogen-bond acceptors (Lipinski definition) is 2. The third kappa shape index (κ3) is 5.30. The van der Waals surface area contributed by atoms with Crippen LogP contribution in [0.4, 0.5) is 5.69 Å². The van der Waals surface area contributed by atoms with Crippen molar-refractivity contribution in [1.82, 2.24) is 0 Å². The van der Waals surface area contributed by atoms with Crippen molar-refractivity contribution >= 4 is 11.6 Å². The van der Waals surface area contributed by atoms with Crippen molar-refractivity contribution in [3.8, 4) is 5.75 Å². The molecule has 1 aromatic rings. The van der Waals surface area contributed by atoms with Crippen LogP contribution in [0.5, 0.6) is 5.75 Å². The number of carbonyl (C=O) groups excluding carboxylic acids is 1. The van der Waals surface area contributed by atoms with Crippen molar-refractivity contribution in [3.05, 3.63) is 23.3 Å². The Hall–Kier alpha value is -0.446. The molecule has 0 bridgehead atoms. The van der Waals surface area contributed by atoms with Crippen molar-refractivity contribution in [2.75, 3.05) is 32.1 Å². The summed E-state index contributed by atoms with van der Waals surface area (Å²) in [6, 6.07) is 4.03. The van der Waals surface area contributed by atoms with Gasteiger partial charge in [0.25, 0.3) is 5.91 Å². The van der Waals surface area contributed by atoms with Gasteiger partial charge in [-0.25, -0.2) is 0 Å². The second kappa shape index (κ2) is 10.8. The van der Waals surface area contributed by atoms with E-state index in [-0.39, 0.29) is 44.7 Å². The third-order valence-electron chi connectivity index (χ3n) is 5.85. The first-order valence-corrected chi connectivity index (χ1v) is 9.79. The molecule has 1 radical (unpaired) electrons. The summed E-state index contributed by atoms with van der Waals surface area (Å²) in [4.78, 5) is 13.3. The van der Waals surface area contributed by atoms with E-state index in [0.29, 0.717) is 0 Å². The molecule has 5 heteroatoms. The summed E-state index contributed by atoms with van der Waals surface area (Å²) >= 11 is 0. The Kier molecular flexibility index (Phi) is 9.78. The zero-order valence-electron chi connectivity index (χ0n) is 17.2. The number of rotatable bonds is 7. The van der Waals surface area contributed by atoms with E-state index in [1.807, 2.05) is 26.0 Å². The molecule has 1 saturated heterocycles. The first kappa shape index (κ1) is 23.6. The SMILES string of the molecule is CCCC(C(=O)Nc1c(C)cc(OC)cc1C)[N+]1(CC)CCCCC1.[Y]. The number of carbonyl (C=O) groups is 1. The summed E-state index contributed by atoms with van der Waals surface area (Å²) in [5.74, 6) is 1.02. The number of piperidine rings is 1. The molecule has 1 N–H and O–H groups in total. The quantitative estimate of drug-likeness (QED) is 0.642. The number of methoxy groups -OCH3 is 1. The minimum Gasteiger partial charge on any atom is -0.497 e. The van der Waals surface area contributed by atoms with Crippen molar-refractivity contribution < 1.29 is 46.7 Å². The molecule has 2 rings (SSSR count). The molecule has 1 aliphatic rings. The zero-order chi connectivity index (χ0) is 18.4. The van der Waals surface area contributed by atoms with E-state index in [1.54, 1.807) is 7.11 Å². The molecular formula is C21H35N2O2Y+. The number of benzene rings is 1. The maximum Gasteiger partial charge on any atom is 0.282 e. The Balaban J connectivity index is 0.00000338. The van der Waals surface area contributed by atoms with Crippen molar-refractivity contribution in [1.29, 1.82) is 0 Å². The van der Waals surface area contributed by atoms with Gasteiger partial charge in [-0.2, -0.15) is 0 Å². The molecule has 1 aliphatic heterocycles. The summed E-state index contributed by atoms with van der Waals surface area (Å²) in [5.41, 5.74) is 3.06. The topological polar surface area (TPSA) is 38.3 Å². The number of amides is 1. The Bertz CT molecular complexity index is 575. The van der Waals surface area contributed by atoms with Gasteiger partial charge in [0.05, 0.1) is 26.7 Å². The molecule has 0 aromatic heterocycles. The first-order valence-electron chi connectivity index (χ1n) is 9.79. The average molecular weight is 436 g/mol. The third-order valence-corrected chi connectivity index (χ3v) is 5.85. The summed E-state index contributed by atoms with van der Waals surface area (Å²) in [6.07, 6.45) is 5.77. The summed E-state index contributed by atoms with van der Waals surface area (Å²) in [6.45, 7) is 11.8. The molecule has 1 unspecified atom stereocenters. The van der Waals surface area contributed by atoms with E-state index < -0.39 is 0 Å². The number of quaternary nitrogens is 1. The molecule has 4 nitrogen and oxygen atoms in total.